The Bertz CT molecular complexity index is 4550. The van der Waals surface area contributed by atoms with Gasteiger partial charge in [0.1, 0.15) is 0 Å². The molecule has 0 spiro atoms. The topological polar surface area (TPSA) is 102 Å². The third-order valence-corrected chi connectivity index (χ3v) is 16.5. The van der Waals surface area contributed by atoms with E-state index < -0.39 is 0 Å². The van der Waals surface area contributed by atoms with Gasteiger partial charge in [-0.3, -0.25) is 28.8 Å². The number of ketones is 6. The van der Waals surface area contributed by atoms with Gasteiger partial charge in [-0.15, -0.1) is 0 Å². The molecular formula is C96H66O6. The van der Waals surface area contributed by atoms with Gasteiger partial charge >= 0.3 is 0 Å². The monoisotopic (exact) mass is 1310 g/mol. The zero-order valence-electron chi connectivity index (χ0n) is 57.2. The van der Waals surface area contributed by atoms with Gasteiger partial charge in [0.2, 0.25) is 0 Å². The van der Waals surface area contributed by atoms with Gasteiger partial charge in [-0.05, 0) is 217 Å². The molecule has 0 bridgehead atoms. The van der Waals surface area contributed by atoms with Crippen LogP contribution in [-0.2, 0) is 0 Å². The van der Waals surface area contributed by atoms with E-state index in [0.717, 1.165) is 100 Å². The molecule has 0 saturated heterocycles. The number of rotatable bonds is 12. The van der Waals surface area contributed by atoms with Gasteiger partial charge in [-0.1, -0.05) is 254 Å². The summed E-state index contributed by atoms with van der Waals surface area (Å²) in [7, 11) is 0. The van der Waals surface area contributed by atoms with Crippen molar-refractivity contribution >= 4 is 34.7 Å². The molecule has 102 heavy (non-hydrogen) atoms. The van der Waals surface area contributed by atoms with Crippen LogP contribution in [0.3, 0.4) is 0 Å². The Labute approximate surface area is 597 Å². The van der Waals surface area contributed by atoms with Gasteiger partial charge in [0, 0.05) is 66.8 Å². The van der Waals surface area contributed by atoms with Crippen LogP contribution < -0.4 is 0 Å². The molecule has 0 heterocycles. The number of benzene rings is 12. The van der Waals surface area contributed by atoms with Crippen molar-refractivity contribution in [2.24, 2.45) is 0 Å². The van der Waals surface area contributed by atoms with Crippen LogP contribution in [-0.4, -0.2) is 34.7 Å². The highest BCUT2D eigenvalue weighted by Crippen LogP contribution is 2.27. The normalized spacial score (nSPS) is 9.82. The average Bonchev–Trinajstić information content (AvgIpc) is 0.899. The Hall–Kier alpha value is -14.0. The maximum Gasteiger partial charge on any atom is 0.159 e. The van der Waals surface area contributed by atoms with Crippen LogP contribution in [0.5, 0.6) is 0 Å². The number of Topliss-reactive ketones (excluding diaryl/α,β-unsaturated/α-hetero) is 6. The number of carbonyl (C=O) groups excluding carboxylic acids is 6. The highest BCUT2D eigenvalue weighted by Gasteiger charge is 2.08. The summed E-state index contributed by atoms with van der Waals surface area (Å²) in [6.45, 7) is 9.40. The number of hydrogen-bond acceptors (Lipinski definition) is 6. The van der Waals surface area contributed by atoms with E-state index in [1.165, 1.54) is 0 Å². The van der Waals surface area contributed by atoms with Crippen LogP contribution in [0.25, 0.3) is 66.8 Å². The Morgan fingerprint density at radius 3 is 0.324 bits per heavy atom. The highest BCUT2D eigenvalue weighted by atomic mass is 16.1. The first-order valence-electron chi connectivity index (χ1n) is 32.8. The zero-order chi connectivity index (χ0) is 71.7. The van der Waals surface area contributed by atoms with E-state index in [2.05, 4.69) is 71.0 Å². The molecule has 12 rings (SSSR count). The molecule has 6 nitrogen and oxygen atoms in total. The molecule has 0 aliphatic heterocycles. The minimum absolute atomic E-state index is 0.0645. The second-order valence-electron chi connectivity index (χ2n) is 23.8. The molecule has 0 atom stereocenters. The largest absolute Gasteiger partial charge is 0.295 e. The van der Waals surface area contributed by atoms with E-state index in [0.29, 0.717) is 33.4 Å². The van der Waals surface area contributed by atoms with E-state index in [-0.39, 0.29) is 34.7 Å². The molecule has 12 aromatic carbocycles. The Kier molecular flexibility index (Phi) is 24.2. The van der Waals surface area contributed by atoms with Gasteiger partial charge in [-0.2, -0.15) is 0 Å². The third-order valence-electron chi connectivity index (χ3n) is 16.5. The summed E-state index contributed by atoms with van der Waals surface area (Å²) in [5.74, 6) is 36.3. The predicted molar refractivity (Wildman–Crippen MR) is 413 cm³/mol. The SMILES string of the molecule is CC(=O)c1ccc(-c2ccc(C#CC#Cc3ccc(-c4ccc(C(C)=O)cc4)cc3)cc2)cc1.CC(=O)c1ccc(-c2ccc(C#CC#Cc3ccc(-c4ccc(C(C)=O)cc4)cc3)cc2)cc1.CC(=O)c1ccc(-c2ccc(C#CC#Cc3ccc(-c4ccc(C(C)=O)cc4)cc3)cc2)cc1. The Morgan fingerprint density at radius 1 is 0.147 bits per heavy atom. The number of carbonyl (C=O) groups is 6. The fourth-order valence-corrected chi connectivity index (χ4v) is 10.5. The van der Waals surface area contributed by atoms with Gasteiger partial charge in [0.15, 0.2) is 34.7 Å². The summed E-state index contributed by atoms with van der Waals surface area (Å²) in [6, 6.07) is 93.4. The minimum Gasteiger partial charge on any atom is -0.295 e. The van der Waals surface area contributed by atoms with Crippen molar-refractivity contribution in [2.45, 2.75) is 41.5 Å². The summed E-state index contributed by atoms with van der Waals surface area (Å²) in [4.78, 5) is 68.5. The molecule has 0 fully saturated rings. The molecule has 0 radical (unpaired) electrons. The van der Waals surface area contributed by atoms with E-state index in [1.54, 1.807) is 41.5 Å². The van der Waals surface area contributed by atoms with E-state index in [4.69, 9.17) is 0 Å². The summed E-state index contributed by atoms with van der Waals surface area (Å²) in [5, 5.41) is 0. The summed E-state index contributed by atoms with van der Waals surface area (Å²) < 4.78 is 0. The molecule has 0 amide bonds. The van der Waals surface area contributed by atoms with Crippen molar-refractivity contribution in [2.75, 3.05) is 0 Å². The molecule has 0 aliphatic carbocycles. The van der Waals surface area contributed by atoms with Gasteiger partial charge in [0.05, 0.1) is 0 Å². The van der Waals surface area contributed by atoms with Crippen LogP contribution in [0.1, 0.15) is 137 Å². The first kappa shape index (κ1) is 70.8. The van der Waals surface area contributed by atoms with Gasteiger partial charge in [0.25, 0.3) is 0 Å². The summed E-state index contributed by atoms with van der Waals surface area (Å²) in [5.41, 5.74) is 22.4. The standard InChI is InChI=1S/3C32H22O2/c3*1-23(33)27-15-19-31(20-16-27)29-11-7-25(8-12-29)5-3-4-6-26-9-13-30(14-10-26)32-21-17-28(18-22-32)24(2)34/h3*7-22H,1-2H3. The van der Waals surface area contributed by atoms with E-state index in [1.807, 2.05) is 291 Å². The van der Waals surface area contributed by atoms with Crippen LogP contribution in [0, 0.1) is 71.0 Å². The third kappa shape index (κ3) is 20.3. The molecule has 486 valence electrons. The first-order chi connectivity index (χ1) is 49.5. The smallest absolute Gasteiger partial charge is 0.159 e. The van der Waals surface area contributed by atoms with Crippen LogP contribution in [0.4, 0.5) is 0 Å². The Balaban J connectivity index is 0.000000165. The van der Waals surface area contributed by atoms with Gasteiger partial charge in [-0.25, -0.2) is 0 Å². The first-order valence-corrected chi connectivity index (χ1v) is 32.8. The zero-order valence-corrected chi connectivity index (χ0v) is 57.2. The van der Waals surface area contributed by atoms with Crippen molar-refractivity contribution in [3.05, 3.63) is 358 Å². The average molecular weight is 1320 g/mol. The molecular weight excluding hydrogens is 1250 g/mol. The second-order valence-corrected chi connectivity index (χ2v) is 23.8. The fourth-order valence-electron chi connectivity index (χ4n) is 10.5. The minimum atomic E-state index is 0.0645. The summed E-state index contributed by atoms with van der Waals surface area (Å²) >= 11 is 0. The Morgan fingerprint density at radius 2 is 0.235 bits per heavy atom. The molecule has 0 saturated carbocycles. The van der Waals surface area contributed by atoms with Crippen molar-refractivity contribution in [3.63, 3.8) is 0 Å². The lowest BCUT2D eigenvalue weighted by Gasteiger charge is -2.03. The number of hydrogen-bond donors (Lipinski definition) is 0. The second kappa shape index (κ2) is 34.8. The molecule has 0 aromatic heterocycles. The maximum atomic E-state index is 11.4. The molecule has 0 aliphatic rings. The lowest BCUT2D eigenvalue weighted by atomic mass is 10.0. The molecule has 12 aromatic rings. The van der Waals surface area contributed by atoms with Crippen LogP contribution >= 0.6 is 0 Å². The van der Waals surface area contributed by atoms with Crippen molar-refractivity contribution in [1.29, 1.82) is 0 Å². The van der Waals surface area contributed by atoms with Gasteiger partial charge < -0.3 is 0 Å². The van der Waals surface area contributed by atoms with Crippen LogP contribution in [0.2, 0.25) is 0 Å². The fraction of sp³-hybridized carbons (Fsp3) is 0.0625. The molecule has 0 unspecified atom stereocenters. The van der Waals surface area contributed by atoms with Crippen molar-refractivity contribution in [3.8, 4) is 138 Å². The lowest BCUT2D eigenvalue weighted by Crippen LogP contribution is -1.90. The maximum absolute atomic E-state index is 11.4. The quantitative estimate of drug-likeness (QED) is 0.0892. The highest BCUT2D eigenvalue weighted by molar-refractivity contribution is 5.97. The summed E-state index contributed by atoms with van der Waals surface area (Å²) in [6.07, 6.45) is 0. The van der Waals surface area contributed by atoms with Crippen molar-refractivity contribution < 1.29 is 28.8 Å². The predicted octanol–water partition coefficient (Wildman–Crippen LogP) is 20.5. The lowest BCUT2D eigenvalue weighted by molar-refractivity contribution is 0.100. The van der Waals surface area contributed by atoms with E-state index >= 15 is 0 Å². The van der Waals surface area contributed by atoms with E-state index in [9.17, 15) is 28.8 Å². The molecule has 0 N–H and O–H groups in total. The molecule has 6 heteroatoms. The van der Waals surface area contributed by atoms with Crippen LogP contribution in [0.15, 0.2) is 291 Å². The van der Waals surface area contributed by atoms with Crippen molar-refractivity contribution in [1.82, 2.24) is 0 Å².